The number of carbonyl (C=O) groups excluding carboxylic acids is 1. The normalized spacial score (nSPS) is 23.4. The maximum atomic E-state index is 12.3. The predicted octanol–water partition coefficient (Wildman–Crippen LogP) is 0.634. The first-order valence-corrected chi connectivity index (χ1v) is 6.35. The zero-order chi connectivity index (χ0) is 13.9. The van der Waals surface area contributed by atoms with Crippen molar-refractivity contribution in [1.29, 1.82) is 0 Å². The molecule has 102 valence electrons. The van der Waals surface area contributed by atoms with Gasteiger partial charge in [-0.25, -0.2) is 0 Å². The standard InChI is InChI=1S/C14H18N2O3/c15-14(9-11-5-2-1-3-6-11)7-4-8-16(13(14)19)10-12(17)18/h1-3,5-6H,4,7-10,15H2,(H,17,18). The Morgan fingerprint density at radius 2 is 2.05 bits per heavy atom. The molecule has 1 atom stereocenters. The Labute approximate surface area is 112 Å². The maximum Gasteiger partial charge on any atom is 0.323 e. The predicted molar refractivity (Wildman–Crippen MR) is 70.5 cm³/mol. The number of rotatable bonds is 4. The van der Waals surface area contributed by atoms with Crippen molar-refractivity contribution < 1.29 is 14.7 Å². The van der Waals surface area contributed by atoms with E-state index in [4.69, 9.17) is 10.8 Å². The monoisotopic (exact) mass is 262 g/mol. The lowest BCUT2D eigenvalue weighted by molar-refractivity contribution is -0.149. The van der Waals surface area contributed by atoms with Gasteiger partial charge in [-0.2, -0.15) is 0 Å². The summed E-state index contributed by atoms with van der Waals surface area (Å²) in [6.45, 7) is 0.200. The van der Waals surface area contributed by atoms with Crippen molar-refractivity contribution >= 4 is 11.9 Å². The summed E-state index contributed by atoms with van der Waals surface area (Å²) in [5.74, 6) is -1.26. The summed E-state index contributed by atoms with van der Waals surface area (Å²) in [5, 5.41) is 8.81. The second kappa shape index (κ2) is 5.40. The lowest BCUT2D eigenvalue weighted by atomic mass is 9.83. The first kappa shape index (κ1) is 13.5. The molecule has 2 rings (SSSR count). The Morgan fingerprint density at radius 1 is 1.37 bits per heavy atom. The Balaban J connectivity index is 2.13. The highest BCUT2D eigenvalue weighted by Gasteiger charge is 2.40. The molecule has 5 heteroatoms. The molecule has 3 N–H and O–H groups in total. The van der Waals surface area contributed by atoms with Crippen LogP contribution < -0.4 is 5.73 Å². The van der Waals surface area contributed by atoms with Gasteiger partial charge in [-0.15, -0.1) is 0 Å². The van der Waals surface area contributed by atoms with E-state index in [-0.39, 0.29) is 12.5 Å². The van der Waals surface area contributed by atoms with E-state index < -0.39 is 11.5 Å². The van der Waals surface area contributed by atoms with Crippen LogP contribution in [0.25, 0.3) is 0 Å². The van der Waals surface area contributed by atoms with Crippen molar-refractivity contribution in [2.45, 2.75) is 24.8 Å². The molecule has 0 bridgehead atoms. The first-order chi connectivity index (χ1) is 9.01. The summed E-state index contributed by atoms with van der Waals surface area (Å²) in [4.78, 5) is 24.4. The summed E-state index contributed by atoms with van der Waals surface area (Å²) in [5.41, 5.74) is 6.24. The van der Waals surface area contributed by atoms with Gasteiger partial charge < -0.3 is 15.7 Å². The van der Waals surface area contributed by atoms with Gasteiger partial charge in [-0.05, 0) is 24.8 Å². The van der Waals surface area contributed by atoms with Gasteiger partial charge in [0.1, 0.15) is 6.54 Å². The van der Waals surface area contributed by atoms with Crippen LogP contribution in [0.1, 0.15) is 18.4 Å². The SMILES string of the molecule is NC1(Cc2ccccc2)CCCN(CC(=O)O)C1=O. The van der Waals surface area contributed by atoms with Crippen molar-refractivity contribution in [3.05, 3.63) is 35.9 Å². The van der Waals surface area contributed by atoms with Crippen LogP contribution in [0.4, 0.5) is 0 Å². The van der Waals surface area contributed by atoms with Gasteiger partial charge in [0.25, 0.3) is 0 Å². The fourth-order valence-electron chi connectivity index (χ4n) is 2.55. The molecule has 0 radical (unpaired) electrons. The lowest BCUT2D eigenvalue weighted by Gasteiger charge is -2.38. The lowest BCUT2D eigenvalue weighted by Crippen LogP contribution is -2.60. The number of nitrogens with zero attached hydrogens (tertiary/aromatic N) is 1. The molecule has 1 saturated heterocycles. The molecule has 1 aliphatic rings. The van der Waals surface area contributed by atoms with E-state index in [2.05, 4.69) is 0 Å². The number of nitrogens with two attached hydrogens (primary N) is 1. The molecule has 19 heavy (non-hydrogen) atoms. The Kier molecular flexibility index (Phi) is 3.85. The van der Waals surface area contributed by atoms with Crippen LogP contribution in [0.5, 0.6) is 0 Å². The number of hydrogen-bond acceptors (Lipinski definition) is 3. The smallest absolute Gasteiger partial charge is 0.323 e. The van der Waals surface area contributed by atoms with Gasteiger partial charge in [0, 0.05) is 6.54 Å². The third-order valence-electron chi connectivity index (χ3n) is 3.45. The minimum atomic E-state index is -1.00. The molecule has 1 fully saturated rings. The molecule has 1 aromatic rings. The Bertz CT molecular complexity index is 475. The summed E-state index contributed by atoms with van der Waals surface area (Å²) < 4.78 is 0. The van der Waals surface area contributed by atoms with E-state index in [0.29, 0.717) is 19.4 Å². The van der Waals surface area contributed by atoms with E-state index in [0.717, 1.165) is 12.0 Å². The van der Waals surface area contributed by atoms with Crippen LogP contribution in [0.15, 0.2) is 30.3 Å². The van der Waals surface area contributed by atoms with Crippen LogP contribution in [-0.2, 0) is 16.0 Å². The average Bonchev–Trinajstić information content (AvgIpc) is 2.36. The van der Waals surface area contributed by atoms with Gasteiger partial charge in [0.05, 0.1) is 5.54 Å². The second-order valence-corrected chi connectivity index (χ2v) is 5.04. The highest BCUT2D eigenvalue weighted by molar-refractivity contribution is 5.89. The molecule has 1 unspecified atom stereocenters. The average molecular weight is 262 g/mol. The molecule has 0 spiro atoms. The third kappa shape index (κ3) is 3.12. The summed E-state index contributed by atoms with van der Waals surface area (Å²) in [7, 11) is 0. The van der Waals surface area contributed by atoms with E-state index in [1.165, 1.54) is 4.90 Å². The molecule has 0 saturated carbocycles. The number of carboxylic acids is 1. The Morgan fingerprint density at radius 3 is 2.68 bits per heavy atom. The van der Waals surface area contributed by atoms with Gasteiger partial charge in [0.15, 0.2) is 0 Å². The van der Waals surface area contributed by atoms with Gasteiger partial charge in [0.2, 0.25) is 5.91 Å². The molecule has 5 nitrogen and oxygen atoms in total. The van der Waals surface area contributed by atoms with E-state index >= 15 is 0 Å². The van der Waals surface area contributed by atoms with Crippen LogP contribution in [0.3, 0.4) is 0 Å². The number of amides is 1. The molecule has 1 amide bonds. The van der Waals surface area contributed by atoms with Crippen molar-refractivity contribution in [1.82, 2.24) is 4.90 Å². The van der Waals surface area contributed by atoms with Crippen LogP contribution in [-0.4, -0.2) is 40.5 Å². The molecule has 1 aromatic carbocycles. The number of piperidine rings is 1. The molecular formula is C14H18N2O3. The number of carbonyl (C=O) groups is 2. The third-order valence-corrected chi connectivity index (χ3v) is 3.45. The number of hydrogen-bond donors (Lipinski definition) is 2. The number of carboxylic acid groups (broad SMARTS) is 1. The fourth-order valence-corrected chi connectivity index (χ4v) is 2.55. The molecule has 0 aromatic heterocycles. The fraction of sp³-hybridized carbons (Fsp3) is 0.429. The van der Waals surface area contributed by atoms with Crippen LogP contribution in [0, 0.1) is 0 Å². The van der Waals surface area contributed by atoms with Crippen molar-refractivity contribution in [3.63, 3.8) is 0 Å². The Hall–Kier alpha value is -1.88. The maximum absolute atomic E-state index is 12.3. The van der Waals surface area contributed by atoms with Crippen molar-refractivity contribution in [3.8, 4) is 0 Å². The van der Waals surface area contributed by atoms with Crippen molar-refractivity contribution in [2.75, 3.05) is 13.1 Å². The molecule has 1 aliphatic heterocycles. The van der Waals surface area contributed by atoms with Crippen LogP contribution >= 0.6 is 0 Å². The van der Waals surface area contributed by atoms with Gasteiger partial charge >= 0.3 is 5.97 Å². The number of aliphatic carboxylic acids is 1. The molecule has 1 heterocycles. The van der Waals surface area contributed by atoms with Crippen molar-refractivity contribution in [2.24, 2.45) is 5.73 Å². The summed E-state index contributed by atoms with van der Waals surface area (Å²) in [6, 6.07) is 9.57. The highest BCUT2D eigenvalue weighted by atomic mass is 16.4. The minimum Gasteiger partial charge on any atom is -0.480 e. The van der Waals surface area contributed by atoms with Gasteiger partial charge in [-0.1, -0.05) is 30.3 Å². The van der Waals surface area contributed by atoms with Crippen LogP contribution in [0.2, 0.25) is 0 Å². The van der Waals surface area contributed by atoms with Gasteiger partial charge in [-0.3, -0.25) is 9.59 Å². The highest BCUT2D eigenvalue weighted by Crippen LogP contribution is 2.24. The summed E-state index contributed by atoms with van der Waals surface area (Å²) in [6.07, 6.45) is 1.78. The molecular weight excluding hydrogens is 244 g/mol. The first-order valence-electron chi connectivity index (χ1n) is 6.35. The zero-order valence-electron chi connectivity index (χ0n) is 10.7. The largest absolute Gasteiger partial charge is 0.480 e. The second-order valence-electron chi connectivity index (χ2n) is 5.04. The topological polar surface area (TPSA) is 83.6 Å². The van der Waals surface area contributed by atoms with E-state index in [9.17, 15) is 9.59 Å². The van der Waals surface area contributed by atoms with E-state index in [1.807, 2.05) is 30.3 Å². The number of likely N-dealkylation sites (tertiary alicyclic amines) is 1. The summed E-state index contributed by atoms with van der Waals surface area (Å²) >= 11 is 0. The quantitative estimate of drug-likeness (QED) is 0.833. The zero-order valence-corrected chi connectivity index (χ0v) is 10.7. The van der Waals surface area contributed by atoms with E-state index in [1.54, 1.807) is 0 Å². The number of benzene rings is 1. The molecule has 0 aliphatic carbocycles. The minimum absolute atomic E-state index is 0.259.